The summed E-state index contributed by atoms with van der Waals surface area (Å²) in [6.07, 6.45) is 8.60. The Morgan fingerprint density at radius 3 is 2.65 bits per heavy atom. The van der Waals surface area contributed by atoms with Crippen molar-refractivity contribution in [2.24, 2.45) is 4.99 Å². The maximum atomic E-state index is 4.69. The number of hydrogen-bond acceptors (Lipinski definition) is 1. The number of benzene rings is 1. The fourth-order valence-corrected chi connectivity index (χ4v) is 2.25. The molecule has 2 rings (SSSR count). The summed E-state index contributed by atoms with van der Waals surface area (Å²) in [4.78, 5) is 4.69. The molecule has 0 aromatic heterocycles. The topological polar surface area (TPSA) is 12.4 Å². The van der Waals surface area contributed by atoms with Crippen molar-refractivity contribution in [2.75, 3.05) is 0 Å². The SMILES string of the molecule is [CH2-]c1ccc(C)cc1C=NC1CCCCC1.[Li+]. The zero-order chi connectivity index (χ0) is 11.4. The van der Waals surface area contributed by atoms with E-state index in [2.05, 4.69) is 32.0 Å². The van der Waals surface area contributed by atoms with Crippen LogP contribution in [0, 0.1) is 13.8 Å². The standard InChI is InChI=1S/C15H20N.Li/c1-12-8-9-13(2)14(10-12)11-16-15-6-4-3-5-7-15;/h8-11,15H,2-7H2,1H3;/q-1;+1. The first kappa shape index (κ1) is 14.4. The molecule has 0 heterocycles. The van der Waals surface area contributed by atoms with Crippen molar-refractivity contribution in [1.29, 1.82) is 0 Å². The Labute approximate surface area is 117 Å². The first-order valence-electron chi connectivity index (χ1n) is 6.21. The van der Waals surface area contributed by atoms with Gasteiger partial charge in [0.25, 0.3) is 0 Å². The first-order chi connectivity index (χ1) is 7.75. The van der Waals surface area contributed by atoms with Crippen LogP contribution in [0.5, 0.6) is 0 Å². The second-order valence-corrected chi connectivity index (χ2v) is 4.77. The Bertz CT molecular complexity index is 379. The summed E-state index contributed by atoms with van der Waals surface area (Å²) in [5, 5.41) is 0. The molecule has 0 N–H and O–H groups in total. The number of nitrogens with zero attached hydrogens (tertiary/aromatic N) is 1. The third-order valence-electron chi connectivity index (χ3n) is 3.30. The maximum absolute atomic E-state index is 4.69. The van der Waals surface area contributed by atoms with E-state index in [4.69, 9.17) is 4.99 Å². The first-order valence-corrected chi connectivity index (χ1v) is 6.21. The molecule has 1 nitrogen and oxygen atoms in total. The van der Waals surface area contributed by atoms with E-state index in [0.29, 0.717) is 6.04 Å². The van der Waals surface area contributed by atoms with Crippen LogP contribution < -0.4 is 18.9 Å². The minimum atomic E-state index is 0. The minimum Gasteiger partial charge on any atom is -0.302 e. The molecule has 0 amide bonds. The summed E-state index contributed by atoms with van der Waals surface area (Å²) >= 11 is 0. The van der Waals surface area contributed by atoms with Gasteiger partial charge in [-0.1, -0.05) is 24.8 Å². The summed E-state index contributed by atoms with van der Waals surface area (Å²) < 4.78 is 0. The molecule has 0 unspecified atom stereocenters. The van der Waals surface area contributed by atoms with E-state index in [1.807, 2.05) is 6.21 Å². The number of hydrogen-bond donors (Lipinski definition) is 0. The van der Waals surface area contributed by atoms with Gasteiger partial charge in [-0.15, -0.1) is 17.7 Å². The Morgan fingerprint density at radius 1 is 1.24 bits per heavy atom. The van der Waals surface area contributed by atoms with E-state index in [1.165, 1.54) is 43.2 Å². The van der Waals surface area contributed by atoms with Crippen molar-refractivity contribution < 1.29 is 18.9 Å². The van der Waals surface area contributed by atoms with Crippen molar-refractivity contribution in [1.82, 2.24) is 0 Å². The van der Waals surface area contributed by atoms with Crippen molar-refractivity contribution in [3.63, 3.8) is 0 Å². The average Bonchev–Trinajstić information content (AvgIpc) is 2.32. The van der Waals surface area contributed by atoms with E-state index in [1.54, 1.807) is 0 Å². The van der Waals surface area contributed by atoms with Crippen molar-refractivity contribution >= 4 is 6.21 Å². The van der Waals surface area contributed by atoms with Gasteiger partial charge in [0.2, 0.25) is 0 Å². The van der Waals surface area contributed by atoms with E-state index in [0.717, 1.165) is 5.56 Å². The Hall–Kier alpha value is -0.643. The Morgan fingerprint density at radius 2 is 1.94 bits per heavy atom. The van der Waals surface area contributed by atoms with Gasteiger partial charge in [-0.2, -0.15) is 18.6 Å². The Kier molecular flexibility index (Phi) is 5.89. The number of aryl methyl sites for hydroxylation is 1. The molecule has 86 valence electrons. The summed E-state index contributed by atoms with van der Waals surface area (Å²) in [6, 6.07) is 6.88. The van der Waals surface area contributed by atoms with Crippen LogP contribution >= 0.6 is 0 Å². The fraction of sp³-hybridized carbons (Fsp3) is 0.467. The third kappa shape index (κ3) is 4.26. The predicted molar refractivity (Wildman–Crippen MR) is 70.1 cm³/mol. The van der Waals surface area contributed by atoms with Gasteiger partial charge in [-0.25, -0.2) is 0 Å². The van der Waals surface area contributed by atoms with Crippen LogP contribution in [-0.2, 0) is 0 Å². The second kappa shape index (κ2) is 6.94. The third-order valence-corrected chi connectivity index (χ3v) is 3.30. The van der Waals surface area contributed by atoms with E-state index in [-0.39, 0.29) is 18.9 Å². The van der Waals surface area contributed by atoms with Crippen LogP contribution in [0.25, 0.3) is 0 Å². The zero-order valence-corrected chi connectivity index (χ0v) is 11.1. The van der Waals surface area contributed by atoms with Crippen molar-refractivity contribution in [2.45, 2.75) is 45.1 Å². The normalized spacial score (nSPS) is 17.0. The number of aliphatic imine (C=N–C) groups is 1. The van der Waals surface area contributed by atoms with Crippen LogP contribution in [0.2, 0.25) is 0 Å². The van der Waals surface area contributed by atoms with Gasteiger partial charge in [-0.05, 0) is 26.0 Å². The molecule has 1 aromatic carbocycles. The maximum Gasteiger partial charge on any atom is 1.00 e. The molecule has 2 heteroatoms. The van der Waals surface area contributed by atoms with E-state index >= 15 is 0 Å². The van der Waals surface area contributed by atoms with Gasteiger partial charge in [0, 0.05) is 6.04 Å². The summed E-state index contributed by atoms with van der Waals surface area (Å²) in [5.74, 6) is 0. The van der Waals surface area contributed by atoms with E-state index in [9.17, 15) is 0 Å². The molecule has 0 atom stereocenters. The molecule has 0 radical (unpaired) electrons. The van der Waals surface area contributed by atoms with Crippen LogP contribution in [0.3, 0.4) is 0 Å². The monoisotopic (exact) mass is 221 g/mol. The second-order valence-electron chi connectivity index (χ2n) is 4.77. The molecule has 17 heavy (non-hydrogen) atoms. The van der Waals surface area contributed by atoms with E-state index < -0.39 is 0 Å². The van der Waals surface area contributed by atoms with Gasteiger partial charge in [0.15, 0.2) is 0 Å². The largest absolute Gasteiger partial charge is 1.00 e. The van der Waals surface area contributed by atoms with Gasteiger partial charge in [0.05, 0.1) is 0 Å². The van der Waals surface area contributed by atoms with Gasteiger partial charge < -0.3 is 4.99 Å². The van der Waals surface area contributed by atoms with Crippen LogP contribution in [0.4, 0.5) is 0 Å². The molecule has 1 aliphatic carbocycles. The minimum absolute atomic E-state index is 0. The average molecular weight is 221 g/mol. The molecule has 0 aliphatic heterocycles. The molecule has 0 saturated heterocycles. The molecule has 1 aromatic rings. The Balaban J connectivity index is 0.00000144. The van der Waals surface area contributed by atoms with Crippen molar-refractivity contribution in [3.05, 3.63) is 41.8 Å². The molecular formula is C15H20LiN. The predicted octanol–water partition coefficient (Wildman–Crippen LogP) is 0.933. The van der Waals surface area contributed by atoms with Crippen LogP contribution in [-0.4, -0.2) is 12.3 Å². The summed E-state index contributed by atoms with van der Waals surface area (Å²) in [5.41, 5.74) is 3.52. The quantitative estimate of drug-likeness (QED) is 0.400. The molecule has 0 bridgehead atoms. The summed E-state index contributed by atoms with van der Waals surface area (Å²) in [7, 11) is 0. The summed E-state index contributed by atoms with van der Waals surface area (Å²) in [6.45, 7) is 6.14. The molecule has 0 spiro atoms. The number of rotatable bonds is 2. The molecular weight excluding hydrogens is 201 g/mol. The molecule has 1 fully saturated rings. The van der Waals surface area contributed by atoms with Crippen LogP contribution in [0.1, 0.15) is 48.8 Å². The van der Waals surface area contributed by atoms with Crippen molar-refractivity contribution in [3.8, 4) is 0 Å². The van der Waals surface area contributed by atoms with Gasteiger partial charge in [0.1, 0.15) is 0 Å². The smallest absolute Gasteiger partial charge is 0.302 e. The zero-order valence-electron chi connectivity index (χ0n) is 11.1. The van der Waals surface area contributed by atoms with Crippen LogP contribution in [0.15, 0.2) is 23.2 Å². The molecule has 1 saturated carbocycles. The van der Waals surface area contributed by atoms with Gasteiger partial charge in [-0.3, -0.25) is 0 Å². The van der Waals surface area contributed by atoms with Gasteiger partial charge >= 0.3 is 18.9 Å². The molecule has 1 aliphatic rings. The fourth-order valence-electron chi connectivity index (χ4n) is 2.25.